The summed E-state index contributed by atoms with van der Waals surface area (Å²) in [4.78, 5) is 22.0. The van der Waals surface area contributed by atoms with Crippen LogP contribution < -0.4 is 9.47 Å². The number of phenols is 2. The highest BCUT2D eigenvalue weighted by Crippen LogP contribution is 2.39. The van der Waals surface area contributed by atoms with Crippen molar-refractivity contribution in [1.29, 1.82) is 0 Å². The standard InChI is InChI=1S/C22H22O8/c1-3-21(25)29-11-9-27-15-5-7-19(23)17(13-15)18-14-16(6-8-20(18)24)28-10-12-30-22(26)4-2/h3-8,13-14,23-24H,1-2,9-12H2. The van der Waals surface area contributed by atoms with Crippen LogP contribution in [0.4, 0.5) is 0 Å². The first kappa shape index (κ1) is 22.4. The molecule has 0 aromatic heterocycles. The molecule has 2 N–H and O–H groups in total. The van der Waals surface area contributed by atoms with E-state index in [1.54, 1.807) is 12.1 Å². The zero-order valence-corrected chi connectivity index (χ0v) is 16.2. The van der Waals surface area contributed by atoms with Gasteiger partial charge in [-0.1, -0.05) is 13.2 Å². The Kier molecular flexibility index (Phi) is 8.31. The molecule has 0 radical (unpaired) electrons. The van der Waals surface area contributed by atoms with Gasteiger partial charge in [-0.3, -0.25) is 0 Å². The number of ether oxygens (including phenoxy) is 4. The largest absolute Gasteiger partial charge is 0.507 e. The topological polar surface area (TPSA) is 112 Å². The summed E-state index contributed by atoms with van der Waals surface area (Å²) in [6.07, 6.45) is 2.11. The van der Waals surface area contributed by atoms with Crippen LogP contribution in [-0.2, 0) is 19.1 Å². The van der Waals surface area contributed by atoms with Crippen LogP contribution >= 0.6 is 0 Å². The molecule has 0 aliphatic rings. The van der Waals surface area contributed by atoms with Crippen molar-refractivity contribution in [2.24, 2.45) is 0 Å². The molecule has 0 unspecified atom stereocenters. The zero-order valence-electron chi connectivity index (χ0n) is 16.2. The number of aromatic hydroxyl groups is 2. The van der Waals surface area contributed by atoms with Gasteiger partial charge in [-0.25, -0.2) is 9.59 Å². The molecule has 2 aromatic carbocycles. The number of esters is 2. The molecular formula is C22H22O8. The molecule has 0 aliphatic heterocycles. The summed E-state index contributed by atoms with van der Waals surface area (Å²) in [6, 6.07) is 8.99. The Morgan fingerprint density at radius 3 is 1.50 bits per heavy atom. The highest BCUT2D eigenvalue weighted by atomic mass is 16.6. The van der Waals surface area contributed by atoms with Gasteiger partial charge in [-0.05, 0) is 36.4 Å². The fraction of sp³-hybridized carbons (Fsp3) is 0.182. The highest BCUT2D eigenvalue weighted by Gasteiger charge is 2.13. The zero-order chi connectivity index (χ0) is 21.9. The number of carbonyl (C=O) groups excluding carboxylic acids is 2. The normalized spacial score (nSPS) is 10.0. The van der Waals surface area contributed by atoms with Crippen LogP contribution in [-0.4, -0.2) is 48.6 Å². The first-order valence-corrected chi connectivity index (χ1v) is 8.95. The Balaban J connectivity index is 2.07. The fourth-order valence-electron chi connectivity index (χ4n) is 2.36. The van der Waals surface area contributed by atoms with Crippen molar-refractivity contribution in [1.82, 2.24) is 0 Å². The maximum absolute atomic E-state index is 11.0. The summed E-state index contributed by atoms with van der Waals surface area (Å²) in [5.74, 6) is -0.448. The van der Waals surface area contributed by atoms with Crippen LogP contribution in [0.2, 0.25) is 0 Å². The third-order valence-corrected chi connectivity index (χ3v) is 3.75. The van der Waals surface area contributed by atoms with Crippen molar-refractivity contribution in [3.8, 4) is 34.1 Å². The van der Waals surface area contributed by atoms with Crippen molar-refractivity contribution in [2.45, 2.75) is 0 Å². The van der Waals surface area contributed by atoms with Crippen LogP contribution in [0.5, 0.6) is 23.0 Å². The molecule has 0 aliphatic carbocycles. The summed E-state index contributed by atoms with van der Waals surface area (Å²) >= 11 is 0. The first-order chi connectivity index (χ1) is 14.4. The summed E-state index contributed by atoms with van der Waals surface area (Å²) in [5, 5.41) is 20.5. The molecule has 0 heterocycles. The van der Waals surface area contributed by atoms with Gasteiger partial charge in [0, 0.05) is 23.3 Å². The third-order valence-electron chi connectivity index (χ3n) is 3.75. The van der Waals surface area contributed by atoms with Crippen molar-refractivity contribution in [2.75, 3.05) is 26.4 Å². The smallest absolute Gasteiger partial charge is 0.330 e. The van der Waals surface area contributed by atoms with Gasteiger partial charge in [-0.2, -0.15) is 0 Å². The van der Waals surface area contributed by atoms with Gasteiger partial charge in [0.25, 0.3) is 0 Å². The Hall–Kier alpha value is -3.94. The van der Waals surface area contributed by atoms with Gasteiger partial charge in [-0.15, -0.1) is 0 Å². The van der Waals surface area contributed by atoms with Crippen LogP contribution in [0.3, 0.4) is 0 Å². The molecule has 158 valence electrons. The van der Waals surface area contributed by atoms with E-state index in [9.17, 15) is 19.8 Å². The number of carbonyl (C=O) groups is 2. The van der Waals surface area contributed by atoms with E-state index < -0.39 is 11.9 Å². The predicted octanol–water partition coefficient (Wildman–Crippen LogP) is 2.98. The number of benzene rings is 2. The molecule has 0 bridgehead atoms. The summed E-state index contributed by atoms with van der Waals surface area (Å²) in [5.41, 5.74) is 0.633. The maximum Gasteiger partial charge on any atom is 0.330 e. The molecule has 0 spiro atoms. The van der Waals surface area contributed by atoms with Crippen LogP contribution in [0.15, 0.2) is 61.7 Å². The summed E-state index contributed by atoms with van der Waals surface area (Å²) in [7, 11) is 0. The molecule has 0 fully saturated rings. The minimum Gasteiger partial charge on any atom is -0.507 e. The maximum atomic E-state index is 11.0. The summed E-state index contributed by atoms with van der Waals surface area (Å²) in [6.45, 7) is 6.87. The molecule has 8 heteroatoms. The van der Waals surface area contributed by atoms with Gasteiger partial charge >= 0.3 is 11.9 Å². The number of hydrogen-bond donors (Lipinski definition) is 2. The van der Waals surface area contributed by atoms with E-state index in [2.05, 4.69) is 13.2 Å². The number of rotatable bonds is 11. The number of phenolic OH excluding ortho intramolecular Hbond substituents is 2. The average Bonchev–Trinajstić information content (AvgIpc) is 2.76. The second-order valence-corrected chi connectivity index (χ2v) is 5.80. The lowest BCUT2D eigenvalue weighted by Crippen LogP contribution is -2.10. The Labute approximate surface area is 173 Å². The fourth-order valence-corrected chi connectivity index (χ4v) is 2.36. The van der Waals surface area contributed by atoms with Gasteiger partial charge < -0.3 is 29.2 Å². The van der Waals surface area contributed by atoms with Crippen LogP contribution in [0, 0.1) is 0 Å². The second-order valence-electron chi connectivity index (χ2n) is 5.80. The van der Waals surface area contributed by atoms with Crippen LogP contribution in [0.25, 0.3) is 11.1 Å². The predicted molar refractivity (Wildman–Crippen MR) is 109 cm³/mol. The molecule has 0 atom stereocenters. The Morgan fingerprint density at radius 2 is 1.13 bits per heavy atom. The Morgan fingerprint density at radius 1 is 0.733 bits per heavy atom. The molecule has 0 saturated carbocycles. The summed E-state index contributed by atoms with van der Waals surface area (Å²) < 4.78 is 20.7. The molecule has 0 saturated heterocycles. The van der Waals surface area contributed by atoms with E-state index >= 15 is 0 Å². The lowest BCUT2D eigenvalue weighted by atomic mass is 10.0. The van der Waals surface area contributed by atoms with Gasteiger partial charge in [0.1, 0.15) is 49.4 Å². The second kappa shape index (κ2) is 11.2. The monoisotopic (exact) mass is 414 g/mol. The molecule has 2 rings (SSSR count). The molecule has 8 nitrogen and oxygen atoms in total. The van der Waals surface area contributed by atoms with Crippen LogP contribution in [0.1, 0.15) is 0 Å². The Bertz CT molecular complexity index is 844. The van der Waals surface area contributed by atoms with Gasteiger partial charge in [0.15, 0.2) is 0 Å². The molecule has 2 aromatic rings. The van der Waals surface area contributed by atoms with E-state index in [4.69, 9.17) is 18.9 Å². The van der Waals surface area contributed by atoms with Gasteiger partial charge in [0.2, 0.25) is 0 Å². The lowest BCUT2D eigenvalue weighted by molar-refractivity contribution is -0.139. The quantitative estimate of drug-likeness (QED) is 0.328. The minimum absolute atomic E-state index is 0.0338. The first-order valence-electron chi connectivity index (χ1n) is 8.95. The molecule has 0 amide bonds. The minimum atomic E-state index is -0.550. The molecular weight excluding hydrogens is 392 g/mol. The SMILES string of the molecule is C=CC(=O)OCCOc1ccc(O)c(-c2cc(OCCOC(=O)C=C)ccc2O)c1. The highest BCUT2D eigenvalue weighted by molar-refractivity contribution is 5.81. The average molecular weight is 414 g/mol. The van der Waals surface area contributed by atoms with Crippen molar-refractivity contribution in [3.05, 3.63) is 61.7 Å². The lowest BCUT2D eigenvalue weighted by Gasteiger charge is -2.13. The van der Waals surface area contributed by atoms with Crippen molar-refractivity contribution < 1.29 is 38.7 Å². The van der Waals surface area contributed by atoms with Crippen molar-refractivity contribution >= 4 is 11.9 Å². The third kappa shape index (κ3) is 6.59. The number of hydrogen-bond acceptors (Lipinski definition) is 8. The van der Waals surface area contributed by atoms with Crippen molar-refractivity contribution in [3.63, 3.8) is 0 Å². The van der Waals surface area contributed by atoms with E-state index in [0.717, 1.165) is 12.2 Å². The van der Waals surface area contributed by atoms with Gasteiger partial charge in [0.05, 0.1) is 0 Å². The van der Waals surface area contributed by atoms with E-state index in [-0.39, 0.29) is 37.9 Å². The van der Waals surface area contributed by atoms with E-state index in [1.165, 1.54) is 24.3 Å². The van der Waals surface area contributed by atoms with E-state index in [1.807, 2.05) is 0 Å². The molecule has 30 heavy (non-hydrogen) atoms. The van der Waals surface area contributed by atoms with E-state index in [0.29, 0.717) is 22.6 Å².